The number of nitrogens with one attached hydrogen (secondary N) is 2. The third kappa shape index (κ3) is 5.21. The van der Waals surface area contributed by atoms with Crippen LogP contribution in [0.3, 0.4) is 0 Å². The fraction of sp³-hybridized carbons (Fsp3) is 0.238. The van der Waals surface area contributed by atoms with Gasteiger partial charge >= 0.3 is 0 Å². The molecule has 0 spiro atoms. The molecule has 0 saturated heterocycles. The average molecular weight is 348 g/mol. The summed E-state index contributed by atoms with van der Waals surface area (Å²) in [6.07, 6.45) is 0.952. The fourth-order valence-electron chi connectivity index (χ4n) is 2.60. The lowest BCUT2D eigenvalue weighted by Crippen LogP contribution is -2.38. The SMILES string of the molecule is CCNC(=NCc1cc(-c2ccccc2)on1)NCCc1ccccc1. The van der Waals surface area contributed by atoms with E-state index in [1.807, 2.05) is 42.5 Å². The van der Waals surface area contributed by atoms with Gasteiger partial charge in [0.15, 0.2) is 11.7 Å². The van der Waals surface area contributed by atoms with Gasteiger partial charge in [-0.1, -0.05) is 65.8 Å². The Balaban J connectivity index is 1.56. The third-order valence-corrected chi connectivity index (χ3v) is 3.91. The molecule has 3 aromatic rings. The summed E-state index contributed by atoms with van der Waals surface area (Å²) in [7, 11) is 0. The Morgan fingerprint density at radius 2 is 1.73 bits per heavy atom. The van der Waals surface area contributed by atoms with Gasteiger partial charge in [0.25, 0.3) is 0 Å². The van der Waals surface area contributed by atoms with Crippen LogP contribution in [0.25, 0.3) is 11.3 Å². The summed E-state index contributed by atoms with van der Waals surface area (Å²) in [5.41, 5.74) is 3.13. The van der Waals surface area contributed by atoms with E-state index in [9.17, 15) is 0 Å². The Bertz CT molecular complexity index is 812. The zero-order valence-electron chi connectivity index (χ0n) is 15.0. The third-order valence-electron chi connectivity index (χ3n) is 3.91. The highest BCUT2D eigenvalue weighted by Crippen LogP contribution is 2.19. The van der Waals surface area contributed by atoms with Crippen molar-refractivity contribution < 1.29 is 4.52 Å². The number of benzene rings is 2. The molecule has 1 heterocycles. The number of aliphatic imine (C=N–C) groups is 1. The van der Waals surface area contributed by atoms with Crippen LogP contribution in [-0.2, 0) is 13.0 Å². The Labute approximate surface area is 154 Å². The van der Waals surface area contributed by atoms with Crippen LogP contribution in [-0.4, -0.2) is 24.2 Å². The van der Waals surface area contributed by atoms with Gasteiger partial charge in [-0.2, -0.15) is 0 Å². The second-order valence-corrected chi connectivity index (χ2v) is 5.91. The van der Waals surface area contributed by atoms with Crippen LogP contribution in [0.15, 0.2) is 76.2 Å². The minimum atomic E-state index is 0.469. The maximum Gasteiger partial charge on any atom is 0.191 e. The number of rotatable bonds is 7. The second-order valence-electron chi connectivity index (χ2n) is 5.91. The summed E-state index contributed by atoms with van der Waals surface area (Å²) in [6.45, 7) is 4.16. The van der Waals surface area contributed by atoms with E-state index in [1.54, 1.807) is 0 Å². The van der Waals surface area contributed by atoms with Crippen LogP contribution in [0.5, 0.6) is 0 Å². The summed E-state index contributed by atoms with van der Waals surface area (Å²) in [4.78, 5) is 4.59. The summed E-state index contributed by atoms with van der Waals surface area (Å²) in [5.74, 6) is 1.55. The molecule has 0 radical (unpaired) electrons. The van der Waals surface area contributed by atoms with Crippen LogP contribution in [0, 0.1) is 0 Å². The van der Waals surface area contributed by atoms with Crippen molar-refractivity contribution in [3.8, 4) is 11.3 Å². The topological polar surface area (TPSA) is 62.5 Å². The van der Waals surface area contributed by atoms with Gasteiger partial charge in [-0.05, 0) is 18.9 Å². The molecule has 0 bridgehead atoms. The lowest BCUT2D eigenvalue weighted by Gasteiger charge is -2.10. The molecule has 5 nitrogen and oxygen atoms in total. The number of hydrogen-bond acceptors (Lipinski definition) is 3. The van der Waals surface area contributed by atoms with E-state index in [0.717, 1.165) is 42.5 Å². The van der Waals surface area contributed by atoms with Gasteiger partial charge in [0.2, 0.25) is 0 Å². The average Bonchev–Trinajstić information content (AvgIpc) is 3.17. The number of aromatic nitrogens is 1. The minimum Gasteiger partial charge on any atom is -0.357 e. The first-order chi connectivity index (χ1) is 12.8. The summed E-state index contributed by atoms with van der Waals surface area (Å²) >= 11 is 0. The van der Waals surface area contributed by atoms with Gasteiger partial charge in [0.1, 0.15) is 5.69 Å². The predicted octanol–water partition coefficient (Wildman–Crippen LogP) is 3.64. The fourth-order valence-corrected chi connectivity index (χ4v) is 2.60. The number of nitrogens with zero attached hydrogens (tertiary/aromatic N) is 2. The zero-order chi connectivity index (χ0) is 18.0. The van der Waals surface area contributed by atoms with Crippen LogP contribution in [0.4, 0.5) is 0 Å². The molecule has 0 saturated carbocycles. The molecule has 0 fully saturated rings. The van der Waals surface area contributed by atoms with Crippen LogP contribution >= 0.6 is 0 Å². The molecule has 0 aliphatic rings. The van der Waals surface area contributed by atoms with Gasteiger partial charge in [-0.15, -0.1) is 0 Å². The molecular weight excluding hydrogens is 324 g/mol. The Kier molecular flexibility index (Phi) is 6.42. The summed E-state index contributed by atoms with van der Waals surface area (Å²) < 4.78 is 5.42. The Hall–Kier alpha value is -3.08. The molecule has 0 unspecified atom stereocenters. The molecule has 134 valence electrons. The van der Waals surface area contributed by atoms with Crippen molar-refractivity contribution in [3.63, 3.8) is 0 Å². The van der Waals surface area contributed by atoms with Gasteiger partial charge in [0.05, 0.1) is 6.54 Å². The van der Waals surface area contributed by atoms with Gasteiger partial charge < -0.3 is 15.2 Å². The van der Waals surface area contributed by atoms with E-state index in [2.05, 4.69) is 52.0 Å². The quantitative estimate of drug-likeness (QED) is 0.505. The molecule has 0 aliphatic carbocycles. The van der Waals surface area contributed by atoms with Crippen molar-refractivity contribution in [2.24, 2.45) is 4.99 Å². The first kappa shape index (κ1) is 17.7. The summed E-state index contributed by atoms with van der Waals surface area (Å²) in [5, 5.41) is 10.7. The molecule has 1 aromatic heterocycles. The molecule has 2 N–H and O–H groups in total. The largest absolute Gasteiger partial charge is 0.357 e. The highest BCUT2D eigenvalue weighted by Gasteiger charge is 2.06. The lowest BCUT2D eigenvalue weighted by atomic mass is 10.1. The van der Waals surface area contributed by atoms with Crippen molar-refractivity contribution in [2.75, 3.05) is 13.1 Å². The Morgan fingerprint density at radius 3 is 2.46 bits per heavy atom. The predicted molar refractivity (Wildman–Crippen MR) is 105 cm³/mol. The minimum absolute atomic E-state index is 0.469. The molecule has 5 heteroatoms. The van der Waals surface area contributed by atoms with E-state index < -0.39 is 0 Å². The van der Waals surface area contributed by atoms with Gasteiger partial charge in [-0.3, -0.25) is 0 Å². The van der Waals surface area contributed by atoms with Crippen LogP contribution in [0.1, 0.15) is 18.2 Å². The first-order valence-electron chi connectivity index (χ1n) is 8.92. The van der Waals surface area contributed by atoms with E-state index >= 15 is 0 Å². The highest BCUT2D eigenvalue weighted by atomic mass is 16.5. The molecule has 0 aliphatic heterocycles. The molecule has 0 amide bonds. The number of hydrogen-bond donors (Lipinski definition) is 2. The molecule has 0 atom stereocenters. The van der Waals surface area contributed by atoms with Crippen molar-refractivity contribution in [3.05, 3.63) is 78.0 Å². The lowest BCUT2D eigenvalue weighted by molar-refractivity contribution is 0.424. The van der Waals surface area contributed by atoms with Crippen molar-refractivity contribution >= 4 is 5.96 Å². The maximum atomic E-state index is 5.42. The van der Waals surface area contributed by atoms with E-state index in [0.29, 0.717) is 6.54 Å². The van der Waals surface area contributed by atoms with Gasteiger partial charge in [0, 0.05) is 24.7 Å². The van der Waals surface area contributed by atoms with E-state index in [1.165, 1.54) is 5.56 Å². The van der Waals surface area contributed by atoms with Crippen molar-refractivity contribution in [2.45, 2.75) is 19.9 Å². The molecular formula is C21H24N4O. The van der Waals surface area contributed by atoms with Crippen LogP contribution < -0.4 is 10.6 Å². The maximum absolute atomic E-state index is 5.42. The Morgan fingerprint density at radius 1 is 1.00 bits per heavy atom. The second kappa shape index (κ2) is 9.42. The van der Waals surface area contributed by atoms with E-state index in [-0.39, 0.29) is 0 Å². The first-order valence-corrected chi connectivity index (χ1v) is 8.92. The highest BCUT2D eigenvalue weighted by molar-refractivity contribution is 5.79. The molecule has 3 rings (SSSR count). The normalized spacial score (nSPS) is 11.3. The van der Waals surface area contributed by atoms with Gasteiger partial charge in [-0.25, -0.2) is 4.99 Å². The zero-order valence-corrected chi connectivity index (χ0v) is 15.0. The molecule has 2 aromatic carbocycles. The monoisotopic (exact) mass is 348 g/mol. The van der Waals surface area contributed by atoms with Crippen LogP contribution in [0.2, 0.25) is 0 Å². The standard InChI is InChI=1S/C21H24N4O/c1-2-22-21(23-14-13-17-9-5-3-6-10-17)24-16-19-15-20(26-25-19)18-11-7-4-8-12-18/h3-12,15H,2,13-14,16H2,1H3,(H2,22,23,24). The smallest absolute Gasteiger partial charge is 0.191 e. The van der Waals surface area contributed by atoms with Crippen molar-refractivity contribution in [1.29, 1.82) is 0 Å². The number of guanidine groups is 1. The van der Waals surface area contributed by atoms with E-state index in [4.69, 9.17) is 4.52 Å². The molecule has 26 heavy (non-hydrogen) atoms. The van der Waals surface area contributed by atoms with Crippen molar-refractivity contribution in [1.82, 2.24) is 15.8 Å². The summed E-state index contributed by atoms with van der Waals surface area (Å²) in [6, 6.07) is 22.3.